The molecule has 158 valence electrons. The molecule has 3 aromatic rings. The van der Waals surface area contributed by atoms with E-state index < -0.39 is 41.6 Å². The lowest BCUT2D eigenvalue weighted by atomic mass is 10.1. The number of fused-ring (bicyclic) bond motifs is 1. The quantitative estimate of drug-likeness (QED) is 0.545. The number of nitrogens with two attached hydrogens (primary N) is 1. The zero-order chi connectivity index (χ0) is 22.1. The summed E-state index contributed by atoms with van der Waals surface area (Å²) in [5.41, 5.74) is 4.73. The number of hydrogen-bond donors (Lipinski definition) is 2. The Morgan fingerprint density at radius 2 is 1.80 bits per heavy atom. The van der Waals surface area contributed by atoms with Crippen LogP contribution in [0.2, 0.25) is 5.02 Å². The average Bonchev–Trinajstić information content (AvgIpc) is 3.08. The van der Waals surface area contributed by atoms with Crippen molar-refractivity contribution in [2.75, 3.05) is 0 Å². The summed E-state index contributed by atoms with van der Waals surface area (Å²) in [6.07, 6.45) is -3.18. The molecule has 2 aromatic carbocycles. The van der Waals surface area contributed by atoms with E-state index in [-0.39, 0.29) is 12.8 Å². The van der Waals surface area contributed by atoms with Gasteiger partial charge < -0.3 is 10.7 Å². The number of H-pyrrole nitrogens is 1. The van der Waals surface area contributed by atoms with Crippen molar-refractivity contribution in [2.24, 2.45) is 5.73 Å². The summed E-state index contributed by atoms with van der Waals surface area (Å²) in [6, 6.07) is 6.72. The fourth-order valence-corrected chi connectivity index (χ4v) is 3.37. The van der Waals surface area contributed by atoms with E-state index in [1.807, 2.05) is 0 Å². The van der Waals surface area contributed by atoms with Gasteiger partial charge in [-0.15, -0.1) is 0 Å². The van der Waals surface area contributed by atoms with E-state index in [2.05, 4.69) is 4.98 Å². The standard InChI is InChI=1S/C20H16ClF4N3O2/c21-15-6-2-4-13-11(9-27-18(13)15)7-8-16(29)28(19(26)30)10-12-3-1-5-14(17(12)22)20(23,24)25/h1-6,9,27H,7-8,10H2,(H2,26,30). The van der Waals surface area contributed by atoms with Crippen LogP contribution in [0.5, 0.6) is 0 Å². The smallest absolute Gasteiger partial charge is 0.360 e. The van der Waals surface area contributed by atoms with Crippen LogP contribution in [0.4, 0.5) is 22.4 Å². The maximum Gasteiger partial charge on any atom is 0.419 e. The molecule has 0 saturated carbocycles. The van der Waals surface area contributed by atoms with Crippen molar-refractivity contribution < 1.29 is 27.2 Å². The number of amides is 3. The van der Waals surface area contributed by atoms with Gasteiger partial charge in [0.2, 0.25) is 5.91 Å². The molecule has 30 heavy (non-hydrogen) atoms. The summed E-state index contributed by atoms with van der Waals surface area (Å²) >= 11 is 6.09. The van der Waals surface area contributed by atoms with Crippen molar-refractivity contribution in [3.05, 3.63) is 70.1 Å². The number of para-hydroxylation sites is 1. The number of nitrogens with zero attached hydrogens (tertiary/aromatic N) is 1. The first-order valence-corrected chi connectivity index (χ1v) is 9.16. The lowest BCUT2D eigenvalue weighted by Gasteiger charge is -2.20. The van der Waals surface area contributed by atoms with Gasteiger partial charge in [-0.3, -0.25) is 9.69 Å². The maximum absolute atomic E-state index is 14.3. The Bertz CT molecular complexity index is 1110. The molecule has 3 rings (SSSR count). The van der Waals surface area contributed by atoms with E-state index in [1.165, 1.54) is 0 Å². The highest BCUT2D eigenvalue weighted by Crippen LogP contribution is 2.33. The Morgan fingerprint density at radius 3 is 2.47 bits per heavy atom. The van der Waals surface area contributed by atoms with Crippen LogP contribution in [0.1, 0.15) is 23.1 Å². The summed E-state index contributed by atoms with van der Waals surface area (Å²) in [6.45, 7) is -0.705. The molecule has 5 nitrogen and oxygen atoms in total. The number of carbonyl (C=O) groups is 2. The minimum Gasteiger partial charge on any atom is -0.360 e. The number of hydrogen-bond acceptors (Lipinski definition) is 2. The Balaban J connectivity index is 1.77. The van der Waals surface area contributed by atoms with Gasteiger partial charge in [0.15, 0.2) is 0 Å². The molecule has 10 heteroatoms. The first kappa shape index (κ1) is 21.6. The van der Waals surface area contributed by atoms with Gasteiger partial charge >= 0.3 is 12.2 Å². The van der Waals surface area contributed by atoms with Gasteiger partial charge in [0, 0.05) is 23.6 Å². The Labute approximate surface area is 173 Å². The van der Waals surface area contributed by atoms with Gasteiger partial charge in [-0.1, -0.05) is 35.9 Å². The predicted octanol–water partition coefficient (Wildman–Crippen LogP) is 5.02. The lowest BCUT2D eigenvalue weighted by Crippen LogP contribution is -2.40. The molecule has 0 saturated heterocycles. The molecule has 0 aliphatic rings. The number of aryl methyl sites for hydroxylation is 1. The van der Waals surface area contributed by atoms with E-state index in [4.69, 9.17) is 17.3 Å². The highest BCUT2D eigenvalue weighted by Gasteiger charge is 2.35. The van der Waals surface area contributed by atoms with Crippen molar-refractivity contribution in [1.29, 1.82) is 0 Å². The van der Waals surface area contributed by atoms with E-state index in [1.54, 1.807) is 24.4 Å². The number of carbonyl (C=O) groups excluding carboxylic acids is 2. The number of benzene rings is 2. The van der Waals surface area contributed by atoms with E-state index in [0.29, 0.717) is 21.5 Å². The first-order valence-electron chi connectivity index (χ1n) is 8.78. The normalized spacial score (nSPS) is 11.6. The van der Waals surface area contributed by atoms with Gasteiger partial charge in [-0.2, -0.15) is 13.2 Å². The molecule has 3 amide bonds. The fourth-order valence-electron chi connectivity index (χ4n) is 3.14. The second-order valence-electron chi connectivity index (χ2n) is 6.57. The van der Waals surface area contributed by atoms with Crippen LogP contribution in [0.15, 0.2) is 42.6 Å². The number of nitrogens with one attached hydrogen (secondary N) is 1. The monoisotopic (exact) mass is 441 g/mol. The van der Waals surface area contributed by atoms with Crippen LogP contribution in [0.3, 0.4) is 0 Å². The van der Waals surface area contributed by atoms with Crippen LogP contribution in [-0.4, -0.2) is 21.8 Å². The number of rotatable bonds is 5. The molecule has 3 N–H and O–H groups in total. The minimum atomic E-state index is -4.90. The summed E-state index contributed by atoms with van der Waals surface area (Å²) in [5.74, 6) is -2.29. The molecule has 0 aliphatic heterocycles. The van der Waals surface area contributed by atoms with Crippen molar-refractivity contribution in [3.63, 3.8) is 0 Å². The highest BCUT2D eigenvalue weighted by atomic mass is 35.5. The second kappa shape index (κ2) is 8.35. The summed E-state index contributed by atoms with van der Waals surface area (Å²) in [4.78, 5) is 27.8. The van der Waals surface area contributed by atoms with E-state index in [0.717, 1.165) is 23.1 Å². The number of imide groups is 1. The zero-order valence-electron chi connectivity index (χ0n) is 15.4. The summed E-state index contributed by atoms with van der Waals surface area (Å²) in [7, 11) is 0. The van der Waals surface area contributed by atoms with Gasteiger partial charge in [-0.25, -0.2) is 9.18 Å². The molecular weight excluding hydrogens is 426 g/mol. The number of aromatic nitrogens is 1. The topological polar surface area (TPSA) is 79.2 Å². The van der Waals surface area contributed by atoms with Crippen molar-refractivity contribution in [2.45, 2.75) is 25.6 Å². The number of halogens is 5. The van der Waals surface area contributed by atoms with Gasteiger partial charge in [-0.05, 0) is 24.1 Å². The molecule has 0 bridgehead atoms. The van der Waals surface area contributed by atoms with Crippen molar-refractivity contribution in [3.8, 4) is 0 Å². The van der Waals surface area contributed by atoms with Crippen LogP contribution in [0.25, 0.3) is 10.9 Å². The first-order chi connectivity index (χ1) is 14.1. The molecule has 1 aromatic heterocycles. The largest absolute Gasteiger partial charge is 0.419 e. The Hall–Kier alpha value is -3.07. The highest BCUT2D eigenvalue weighted by molar-refractivity contribution is 6.35. The Morgan fingerprint density at radius 1 is 1.10 bits per heavy atom. The third-order valence-electron chi connectivity index (χ3n) is 4.64. The molecule has 0 fully saturated rings. The lowest BCUT2D eigenvalue weighted by molar-refractivity contribution is -0.140. The summed E-state index contributed by atoms with van der Waals surface area (Å²) < 4.78 is 52.9. The number of primary amides is 1. The maximum atomic E-state index is 14.3. The third-order valence-corrected chi connectivity index (χ3v) is 4.95. The molecule has 0 unspecified atom stereocenters. The SMILES string of the molecule is NC(=O)N(Cc1cccc(C(F)(F)F)c1F)C(=O)CCc1c[nH]c2c(Cl)cccc12. The molecule has 0 atom stereocenters. The van der Waals surface area contributed by atoms with Gasteiger partial charge in [0.25, 0.3) is 0 Å². The Kier molecular flexibility index (Phi) is 6.02. The second-order valence-corrected chi connectivity index (χ2v) is 6.98. The van der Waals surface area contributed by atoms with E-state index in [9.17, 15) is 27.2 Å². The minimum absolute atomic E-state index is 0.164. The molecule has 0 radical (unpaired) electrons. The fraction of sp³-hybridized carbons (Fsp3) is 0.200. The van der Waals surface area contributed by atoms with Crippen molar-refractivity contribution in [1.82, 2.24) is 9.88 Å². The zero-order valence-corrected chi connectivity index (χ0v) is 16.1. The van der Waals surface area contributed by atoms with Crippen LogP contribution in [-0.2, 0) is 23.9 Å². The molecule has 0 spiro atoms. The third kappa shape index (κ3) is 4.40. The number of alkyl halides is 3. The van der Waals surface area contributed by atoms with Gasteiger partial charge in [0.05, 0.1) is 22.6 Å². The van der Waals surface area contributed by atoms with E-state index >= 15 is 0 Å². The predicted molar refractivity (Wildman–Crippen MR) is 103 cm³/mol. The van der Waals surface area contributed by atoms with Crippen LogP contribution in [0, 0.1) is 5.82 Å². The number of aromatic amines is 1. The number of urea groups is 1. The van der Waals surface area contributed by atoms with Crippen LogP contribution < -0.4 is 5.73 Å². The van der Waals surface area contributed by atoms with Crippen LogP contribution >= 0.6 is 11.6 Å². The summed E-state index contributed by atoms with van der Waals surface area (Å²) in [5, 5.41) is 1.30. The average molecular weight is 442 g/mol. The van der Waals surface area contributed by atoms with Crippen molar-refractivity contribution >= 4 is 34.4 Å². The molecular formula is C20H16ClF4N3O2. The molecule has 1 heterocycles. The van der Waals surface area contributed by atoms with Gasteiger partial charge in [0.1, 0.15) is 5.82 Å². The molecule has 0 aliphatic carbocycles.